The van der Waals surface area contributed by atoms with E-state index in [9.17, 15) is 17.6 Å². The summed E-state index contributed by atoms with van der Waals surface area (Å²) in [4.78, 5) is 16.0. The molecule has 6 nitrogen and oxygen atoms in total. The van der Waals surface area contributed by atoms with Crippen molar-refractivity contribution in [3.05, 3.63) is 48.2 Å². The first kappa shape index (κ1) is 14.9. The molecule has 0 amide bonds. The van der Waals surface area contributed by atoms with E-state index < -0.39 is 21.8 Å². The molecule has 2 heterocycles. The van der Waals surface area contributed by atoms with Gasteiger partial charge in [0.2, 0.25) is 0 Å². The first-order valence-electron chi connectivity index (χ1n) is 6.64. The lowest BCUT2D eigenvalue weighted by atomic mass is 9.98. The maximum atomic E-state index is 13.0. The van der Waals surface area contributed by atoms with E-state index >= 15 is 0 Å². The van der Waals surface area contributed by atoms with Gasteiger partial charge in [-0.15, -0.1) is 0 Å². The van der Waals surface area contributed by atoms with E-state index in [1.807, 2.05) is 0 Å². The van der Waals surface area contributed by atoms with Crippen LogP contribution in [0.25, 0.3) is 0 Å². The van der Waals surface area contributed by atoms with E-state index in [1.54, 1.807) is 7.05 Å². The van der Waals surface area contributed by atoms with Gasteiger partial charge in [-0.2, -0.15) is 4.31 Å². The van der Waals surface area contributed by atoms with Crippen molar-refractivity contribution in [2.45, 2.75) is 10.9 Å². The normalized spacial score (nSPS) is 19.7. The number of hydrogen-bond acceptors (Lipinski definition) is 4. The number of nitrogens with zero attached hydrogens (tertiary/aromatic N) is 3. The highest BCUT2D eigenvalue weighted by atomic mass is 32.2. The highest BCUT2D eigenvalue weighted by molar-refractivity contribution is 7.89. The molecule has 1 unspecified atom stereocenters. The van der Waals surface area contributed by atoms with Crippen molar-refractivity contribution in [2.24, 2.45) is 7.05 Å². The summed E-state index contributed by atoms with van der Waals surface area (Å²) in [5.74, 6) is -1.17. The second-order valence-electron chi connectivity index (χ2n) is 5.25. The average Bonchev–Trinajstić information content (AvgIpc) is 3.07. The van der Waals surface area contributed by atoms with E-state index in [0.29, 0.717) is 5.56 Å². The van der Waals surface area contributed by atoms with Gasteiger partial charge in [0.1, 0.15) is 5.82 Å². The van der Waals surface area contributed by atoms with Crippen LogP contribution in [0.1, 0.15) is 11.5 Å². The summed E-state index contributed by atoms with van der Waals surface area (Å²) in [6.07, 6.45) is 2.78. The molecule has 0 aliphatic carbocycles. The number of carbonyl (C=O) groups excluding carboxylic acids is 1. The molecule has 1 atom stereocenters. The van der Waals surface area contributed by atoms with Gasteiger partial charge < -0.3 is 4.57 Å². The molecule has 1 aromatic heterocycles. The van der Waals surface area contributed by atoms with E-state index in [2.05, 4.69) is 4.98 Å². The van der Waals surface area contributed by atoms with Gasteiger partial charge in [-0.25, -0.2) is 17.8 Å². The lowest BCUT2D eigenvalue weighted by Gasteiger charge is -2.14. The maximum absolute atomic E-state index is 13.0. The van der Waals surface area contributed by atoms with Crippen LogP contribution in [0.2, 0.25) is 0 Å². The number of aromatic nitrogens is 2. The molecular weight excluding hydrogens is 309 g/mol. The van der Waals surface area contributed by atoms with Crippen LogP contribution in [0, 0.1) is 5.82 Å². The molecular formula is C14H14FN3O3S. The summed E-state index contributed by atoms with van der Waals surface area (Å²) < 4.78 is 40.5. The molecule has 0 N–H and O–H groups in total. The lowest BCUT2D eigenvalue weighted by Crippen LogP contribution is -2.29. The Kier molecular flexibility index (Phi) is 3.57. The Morgan fingerprint density at radius 3 is 2.55 bits per heavy atom. The van der Waals surface area contributed by atoms with Crippen LogP contribution in [-0.4, -0.2) is 41.1 Å². The van der Waals surface area contributed by atoms with Crippen LogP contribution in [0.15, 0.2) is 41.8 Å². The van der Waals surface area contributed by atoms with Gasteiger partial charge >= 0.3 is 0 Å². The molecule has 8 heteroatoms. The van der Waals surface area contributed by atoms with Crippen molar-refractivity contribution in [2.75, 3.05) is 13.1 Å². The van der Waals surface area contributed by atoms with Crippen molar-refractivity contribution in [1.29, 1.82) is 0 Å². The fourth-order valence-corrected chi connectivity index (χ4v) is 3.86. The number of hydrogen-bond donors (Lipinski definition) is 0. The molecule has 0 spiro atoms. The van der Waals surface area contributed by atoms with Crippen LogP contribution >= 0.6 is 0 Å². The van der Waals surface area contributed by atoms with E-state index in [4.69, 9.17) is 0 Å². The Hall–Kier alpha value is -2.06. The molecule has 3 rings (SSSR count). The van der Waals surface area contributed by atoms with Crippen molar-refractivity contribution in [3.63, 3.8) is 0 Å². The minimum absolute atomic E-state index is 0.0450. The molecule has 116 valence electrons. The van der Waals surface area contributed by atoms with Crippen LogP contribution in [0.3, 0.4) is 0 Å². The summed E-state index contributed by atoms with van der Waals surface area (Å²) >= 11 is 0. The Labute approximate surface area is 127 Å². The Balaban J connectivity index is 1.87. The number of rotatable bonds is 3. The Morgan fingerprint density at radius 1 is 1.27 bits per heavy atom. The molecule has 1 fully saturated rings. The minimum atomic E-state index is -3.79. The fourth-order valence-electron chi connectivity index (χ4n) is 2.48. The van der Waals surface area contributed by atoms with Gasteiger partial charge in [0.15, 0.2) is 10.8 Å². The van der Waals surface area contributed by atoms with Gasteiger partial charge in [0.05, 0.1) is 18.8 Å². The number of ketones is 1. The monoisotopic (exact) mass is 323 g/mol. The van der Waals surface area contributed by atoms with Crippen LogP contribution in [-0.2, 0) is 21.9 Å². The summed E-state index contributed by atoms with van der Waals surface area (Å²) in [6.45, 7) is -0.148. The number of halogens is 1. The maximum Gasteiger partial charge on any atom is 0.262 e. The smallest absolute Gasteiger partial charge is 0.262 e. The Bertz CT molecular complexity index is 814. The van der Waals surface area contributed by atoms with Gasteiger partial charge in [-0.1, -0.05) is 12.1 Å². The van der Waals surface area contributed by atoms with Crippen molar-refractivity contribution in [3.8, 4) is 0 Å². The Morgan fingerprint density at radius 2 is 1.95 bits per heavy atom. The van der Waals surface area contributed by atoms with Gasteiger partial charge in [0, 0.05) is 19.8 Å². The first-order valence-corrected chi connectivity index (χ1v) is 8.08. The number of aryl methyl sites for hydroxylation is 1. The number of sulfonamides is 1. The standard InChI is InChI=1S/C14H14FN3O3S/c1-17-8-14(16-9-17)22(20,21)18-6-12(13(19)7-18)10-2-4-11(15)5-3-10/h2-5,8-9,12H,6-7H2,1H3. The minimum Gasteiger partial charge on any atom is -0.339 e. The fraction of sp³-hybridized carbons (Fsp3) is 0.286. The molecule has 22 heavy (non-hydrogen) atoms. The molecule has 0 radical (unpaired) electrons. The quantitative estimate of drug-likeness (QED) is 0.842. The topological polar surface area (TPSA) is 72.3 Å². The lowest BCUT2D eigenvalue weighted by molar-refractivity contribution is -0.117. The SMILES string of the molecule is Cn1cnc(S(=O)(=O)N2CC(=O)C(c3ccc(F)cc3)C2)c1. The zero-order valence-corrected chi connectivity index (χ0v) is 12.6. The van der Waals surface area contributed by atoms with Gasteiger partial charge in [-0.05, 0) is 17.7 Å². The average molecular weight is 323 g/mol. The zero-order valence-electron chi connectivity index (χ0n) is 11.8. The molecule has 1 saturated heterocycles. The zero-order chi connectivity index (χ0) is 15.9. The molecule has 1 aromatic carbocycles. The van der Waals surface area contributed by atoms with Gasteiger partial charge in [-0.3, -0.25) is 4.79 Å². The molecule has 2 aromatic rings. The number of Topliss-reactive ketones (excluding diaryl/α,β-unsaturated/α-hetero) is 1. The number of benzene rings is 1. The van der Waals surface area contributed by atoms with Crippen molar-refractivity contribution < 1.29 is 17.6 Å². The summed E-state index contributed by atoms with van der Waals surface area (Å²) in [5, 5.41) is -0.0810. The number of imidazole rings is 1. The second-order valence-corrected chi connectivity index (χ2v) is 7.13. The van der Waals surface area contributed by atoms with E-state index in [0.717, 1.165) is 4.31 Å². The highest BCUT2D eigenvalue weighted by Crippen LogP contribution is 2.28. The predicted octanol–water partition coefficient (Wildman–Crippen LogP) is 0.916. The van der Waals surface area contributed by atoms with Crippen LogP contribution in [0.5, 0.6) is 0 Å². The first-order chi connectivity index (χ1) is 10.4. The third-order valence-corrected chi connectivity index (χ3v) is 5.36. The molecule has 0 bridgehead atoms. The summed E-state index contributed by atoms with van der Waals surface area (Å²) in [6, 6.07) is 5.54. The largest absolute Gasteiger partial charge is 0.339 e. The van der Waals surface area contributed by atoms with Crippen LogP contribution < -0.4 is 0 Å². The van der Waals surface area contributed by atoms with Crippen LogP contribution in [0.4, 0.5) is 4.39 Å². The number of carbonyl (C=O) groups is 1. The third kappa shape index (κ3) is 2.55. The van der Waals surface area contributed by atoms with Crippen molar-refractivity contribution >= 4 is 15.8 Å². The molecule has 0 saturated carbocycles. The van der Waals surface area contributed by atoms with Gasteiger partial charge in [0.25, 0.3) is 10.0 Å². The molecule has 1 aliphatic heterocycles. The third-order valence-electron chi connectivity index (χ3n) is 3.66. The summed E-state index contributed by atoms with van der Waals surface area (Å²) in [5.41, 5.74) is 0.616. The molecule has 1 aliphatic rings. The highest BCUT2D eigenvalue weighted by Gasteiger charge is 2.39. The summed E-state index contributed by atoms with van der Waals surface area (Å²) in [7, 11) is -2.12. The predicted molar refractivity (Wildman–Crippen MR) is 76.1 cm³/mol. The second kappa shape index (κ2) is 5.29. The van der Waals surface area contributed by atoms with E-state index in [-0.39, 0.29) is 23.9 Å². The van der Waals surface area contributed by atoms with Crippen molar-refractivity contribution in [1.82, 2.24) is 13.9 Å². The van der Waals surface area contributed by atoms with E-state index in [1.165, 1.54) is 41.4 Å².